The van der Waals surface area contributed by atoms with Crippen LogP contribution in [0.5, 0.6) is 0 Å². The summed E-state index contributed by atoms with van der Waals surface area (Å²) in [5, 5.41) is 2.84. The highest BCUT2D eigenvalue weighted by Crippen LogP contribution is 2.20. The van der Waals surface area contributed by atoms with Gasteiger partial charge in [-0.15, -0.1) is 0 Å². The summed E-state index contributed by atoms with van der Waals surface area (Å²) in [6.07, 6.45) is 7.88. The number of thioether (sulfide) groups is 1. The maximum Gasteiger partial charge on any atom is 0.234 e. The van der Waals surface area contributed by atoms with E-state index in [1.165, 1.54) is 32.1 Å². The standard InChI is InChI=1S/C17H26N2O2S/c18-15-9-4-5-10-16(15)19-17(20)13-22-12-6-11-21-14-7-2-1-3-8-14/h4-5,9-10,14H,1-3,6-8,11-13,18H2,(H,19,20). The highest BCUT2D eigenvalue weighted by molar-refractivity contribution is 7.99. The zero-order valence-corrected chi connectivity index (χ0v) is 13.9. The molecular formula is C17H26N2O2S. The summed E-state index contributed by atoms with van der Waals surface area (Å²) >= 11 is 1.64. The Morgan fingerprint density at radius 3 is 2.82 bits per heavy atom. The first-order valence-corrected chi connectivity index (χ1v) is 9.25. The highest BCUT2D eigenvalue weighted by Gasteiger charge is 2.13. The molecule has 0 aliphatic heterocycles. The lowest BCUT2D eigenvalue weighted by atomic mass is 9.98. The Morgan fingerprint density at radius 1 is 1.27 bits per heavy atom. The minimum Gasteiger partial charge on any atom is -0.397 e. The Balaban J connectivity index is 1.51. The number of hydrogen-bond donors (Lipinski definition) is 2. The minimum atomic E-state index is -0.00361. The second-order valence-electron chi connectivity index (χ2n) is 5.67. The van der Waals surface area contributed by atoms with Crippen LogP contribution < -0.4 is 11.1 Å². The number of hydrogen-bond acceptors (Lipinski definition) is 4. The largest absolute Gasteiger partial charge is 0.397 e. The number of benzene rings is 1. The molecule has 1 fully saturated rings. The second kappa shape index (κ2) is 9.74. The van der Waals surface area contributed by atoms with Crippen LogP contribution in [-0.2, 0) is 9.53 Å². The molecule has 0 radical (unpaired) electrons. The van der Waals surface area contributed by atoms with E-state index in [1.54, 1.807) is 17.8 Å². The highest BCUT2D eigenvalue weighted by atomic mass is 32.2. The van der Waals surface area contributed by atoms with Gasteiger partial charge in [-0.2, -0.15) is 11.8 Å². The molecule has 1 aromatic carbocycles. The summed E-state index contributed by atoms with van der Waals surface area (Å²) in [5.74, 6) is 1.40. The molecule has 1 aliphatic carbocycles. The lowest BCUT2D eigenvalue weighted by Crippen LogP contribution is -2.18. The summed E-state index contributed by atoms with van der Waals surface area (Å²) in [6, 6.07) is 7.31. The molecule has 2 rings (SSSR count). The average Bonchev–Trinajstić information content (AvgIpc) is 2.54. The normalized spacial score (nSPS) is 15.6. The Kier molecular flexibility index (Phi) is 7.60. The number of ether oxygens (including phenoxy) is 1. The zero-order valence-electron chi connectivity index (χ0n) is 13.1. The van der Waals surface area contributed by atoms with Crippen molar-refractivity contribution in [2.24, 2.45) is 0 Å². The first kappa shape index (κ1) is 17.2. The maximum absolute atomic E-state index is 11.8. The third-order valence-corrected chi connectivity index (χ3v) is 4.85. The van der Waals surface area contributed by atoms with E-state index in [-0.39, 0.29) is 5.91 Å². The summed E-state index contributed by atoms with van der Waals surface area (Å²) in [5.41, 5.74) is 7.08. The number of anilines is 2. The van der Waals surface area contributed by atoms with Gasteiger partial charge >= 0.3 is 0 Å². The van der Waals surface area contributed by atoms with Gasteiger partial charge in [-0.25, -0.2) is 0 Å². The monoisotopic (exact) mass is 322 g/mol. The van der Waals surface area contributed by atoms with Crippen LogP contribution >= 0.6 is 11.8 Å². The van der Waals surface area contributed by atoms with Gasteiger partial charge in [0.25, 0.3) is 0 Å². The summed E-state index contributed by atoms with van der Waals surface area (Å²) in [7, 11) is 0. The van der Waals surface area contributed by atoms with Gasteiger partial charge in [0.05, 0.1) is 23.2 Å². The number of nitrogens with two attached hydrogens (primary N) is 1. The SMILES string of the molecule is Nc1ccccc1NC(=O)CSCCCOC1CCCCC1. The third-order valence-electron chi connectivity index (χ3n) is 3.81. The van der Waals surface area contributed by atoms with Crippen molar-refractivity contribution in [3.63, 3.8) is 0 Å². The smallest absolute Gasteiger partial charge is 0.234 e. The van der Waals surface area contributed by atoms with Crippen molar-refractivity contribution in [3.8, 4) is 0 Å². The Labute approximate surface area is 137 Å². The van der Waals surface area contributed by atoms with Crippen molar-refractivity contribution < 1.29 is 9.53 Å². The third kappa shape index (κ3) is 6.28. The van der Waals surface area contributed by atoms with Crippen LogP contribution in [0.2, 0.25) is 0 Å². The Bertz CT molecular complexity index is 462. The van der Waals surface area contributed by atoms with E-state index < -0.39 is 0 Å². The topological polar surface area (TPSA) is 64.3 Å². The number of rotatable bonds is 8. The molecule has 0 heterocycles. The molecule has 1 saturated carbocycles. The molecule has 1 aliphatic rings. The molecule has 122 valence electrons. The van der Waals surface area contributed by atoms with Gasteiger partial charge in [-0.3, -0.25) is 4.79 Å². The first-order valence-electron chi connectivity index (χ1n) is 8.09. The van der Waals surface area contributed by atoms with Gasteiger partial charge < -0.3 is 15.8 Å². The fourth-order valence-corrected chi connectivity index (χ4v) is 3.33. The Hall–Kier alpha value is -1.20. The van der Waals surface area contributed by atoms with Crippen molar-refractivity contribution in [2.45, 2.75) is 44.6 Å². The first-order chi connectivity index (χ1) is 10.8. The molecule has 5 heteroatoms. The molecule has 0 bridgehead atoms. The van der Waals surface area contributed by atoms with Crippen LogP contribution in [0.3, 0.4) is 0 Å². The van der Waals surface area contributed by atoms with Crippen molar-refractivity contribution in [3.05, 3.63) is 24.3 Å². The second-order valence-corrected chi connectivity index (χ2v) is 6.78. The van der Waals surface area contributed by atoms with E-state index >= 15 is 0 Å². The molecule has 3 N–H and O–H groups in total. The number of carbonyl (C=O) groups excluding carboxylic acids is 1. The lowest BCUT2D eigenvalue weighted by Gasteiger charge is -2.21. The fourth-order valence-electron chi connectivity index (χ4n) is 2.60. The average molecular weight is 322 g/mol. The number of para-hydroxylation sites is 2. The van der Waals surface area contributed by atoms with Gasteiger partial charge in [0.2, 0.25) is 5.91 Å². The lowest BCUT2D eigenvalue weighted by molar-refractivity contribution is -0.113. The van der Waals surface area contributed by atoms with Crippen molar-refractivity contribution >= 4 is 29.0 Å². The molecular weight excluding hydrogens is 296 g/mol. The molecule has 0 unspecified atom stereocenters. The van der Waals surface area contributed by atoms with Gasteiger partial charge in [-0.1, -0.05) is 31.4 Å². The fraction of sp³-hybridized carbons (Fsp3) is 0.588. The summed E-state index contributed by atoms with van der Waals surface area (Å²) in [4.78, 5) is 11.8. The van der Waals surface area contributed by atoms with E-state index in [0.29, 0.717) is 23.2 Å². The minimum absolute atomic E-state index is 0.00361. The maximum atomic E-state index is 11.8. The van der Waals surface area contributed by atoms with E-state index in [4.69, 9.17) is 10.5 Å². The predicted octanol–water partition coefficient (Wildman–Crippen LogP) is 3.68. The summed E-state index contributed by atoms with van der Waals surface area (Å²) in [6.45, 7) is 0.810. The van der Waals surface area contributed by atoms with Crippen LogP contribution in [0.1, 0.15) is 38.5 Å². The van der Waals surface area contributed by atoms with Crippen LogP contribution in [-0.4, -0.2) is 30.1 Å². The molecule has 4 nitrogen and oxygen atoms in total. The predicted molar refractivity (Wildman–Crippen MR) is 94.3 cm³/mol. The number of nitrogen functional groups attached to an aromatic ring is 1. The molecule has 0 saturated heterocycles. The van der Waals surface area contributed by atoms with E-state index in [9.17, 15) is 4.79 Å². The van der Waals surface area contributed by atoms with Crippen LogP contribution in [0.15, 0.2) is 24.3 Å². The van der Waals surface area contributed by atoms with Crippen molar-refractivity contribution in [1.29, 1.82) is 0 Å². The zero-order chi connectivity index (χ0) is 15.6. The molecule has 1 aromatic rings. The molecule has 1 amide bonds. The van der Waals surface area contributed by atoms with Gasteiger partial charge in [-0.05, 0) is 37.1 Å². The van der Waals surface area contributed by atoms with E-state index in [0.717, 1.165) is 18.8 Å². The molecule has 0 atom stereocenters. The van der Waals surface area contributed by atoms with Crippen LogP contribution in [0.25, 0.3) is 0 Å². The van der Waals surface area contributed by atoms with E-state index in [2.05, 4.69) is 5.32 Å². The number of nitrogens with one attached hydrogen (secondary N) is 1. The van der Waals surface area contributed by atoms with Crippen molar-refractivity contribution in [2.75, 3.05) is 29.2 Å². The van der Waals surface area contributed by atoms with Crippen LogP contribution in [0, 0.1) is 0 Å². The number of amides is 1. The quantitative estimate of drug-likeness (QED) is 0.566. The molecule has 0 spiro atoms. The summed E-state index contributed by atoms with van der Waals surface area (Å²) < 4.78 is 5.87. The van der Waals surface area contributed by atoms with E-state index in [1.807, 2.05) is 18.2 Å². The van der Waals surface area contributed by atoms with Crippen molar-refractivity contribution in [1.82, 2.24) is 0 Å². The van der Waals surface area contributed by atoms with Gasteiger partial charge in [0.15, 0.2) is 0 Å². The Morgan fingerprint density at radius 2 is 2.05 bits per heavy atom. The molecule has 22 heavy (non-hydrogen) atoms. The number of carbonyl (C=O) groups is 1. The van der Waals surface area contributed by atoms with Crippen LogP contribution in [0.4, 0.5) is 11.4 Å². The van der Waals surface area contributed by atoms with Gasteiger partial charge in [0.1, 0.15) is 0 Å². The van der Waals surface area contributed by atoms with Gasteiger partial charge in [0, 0.05) is 6.61 Å². The molecule has 0 aromatic heterocycles.